The van der Waals surface area contributed by atoms with E-state index in [9.17, 15) is 26.8 Å². The SMILES string of the molecule is CCNC(=O)N(c1ccc(F)cc1C)c1c(C(=O)N2CCC(c3ccc(F)cc3)CC2)cnc(S(N)(=O)=O)c1Cl. The fourth-order valence-electron chi connectivity index (χ4n) is 4.79. The number of likely N-dealkylation sites (tertiary alicyclic amines) is 1. The predicted molar refractivity (Wildman–Crippen MR) is 147 cm³/mol. The molecule has 3 amide bonds. The number of nitrogens with one attached hydrogen (secondary N) is 1. The molecular formula is C27H28ClF2N5O4S. The number of pyridine rings is 1. The van der Waals surface area contributed by atoms with E-state index in [1.807, 2.05) is 0 Å². The van der Waals surface area contributed by atoms with Gasteiger partial charge in [-0.25, -0.2) is 32.1 Å². The standard InChI is InChI=1S/C27H28ClF2N5O4S/c1-3-32-27(37)35(22-9-8-20(30)14-16(22)2)24-21(15-33-25(23(24)28)40(31,38)39)26(36)34-12-10-18(11-13-34)17-4-6-19(29)7-5-17/h4-9,14-15,18H,3,10-13H2,1-2H3,(H,32,37)(H2,31,38,39). The lowest BCUT2D eigenvalue weighted by Crippen LogP contribution is -2.41. The van der Waals surface area contributed by atoms with Crippen molar-refractivity contribution in [3.8, 4) is 0 Å². The number of urea groups is 1. The summed E-state index contributed by atoms with van der Waals surface area (Å²) < 4.78 is 51.9. The zero-order valence-corrected chi connectivity index (χ0v) is 23.4. The second-order valence-electron chi connectivity index (χ2n) is 9.40. The summed E-state index contributed by atoms with van der Waals surface area (Å²) in [6.07, 6.45) is 2.22. The van der Waals surface area contributed by atoms with Crippen LogP contribution < -0.4 is 15.4 Å². The molecule has 0 spiro atoms. The van der Waals surface area contributed by atoms with Crippen LogP contribution in [0.3, 0.4) is 0 Å². The first-order valence-corrected chi connectivity index (χ1v) is 14.4. The minimum Gasteiger partial charge on any atom is -0.338 e. The lowest BCUT2D eigenvalue weighted by molar-refractivity contribution is 0.0713. The summed E-state index contributed by atoms with van der Waals surface area (Å²) in [5.41, 5.74) is 1.09. The molecule has 2 aromatic carbocycles. The van der Waals surface area contributed by atoms with Gasteiger partial charge in [0.2, 0.25) is 0 Å². The van der Waals surface area contributed by atoms with E-state index in [1.165, 1.54) is 24.3 Å². The Labute approximate surface area is 236 Å². The molecule has 0 atom stereocenters. The molecule has 1 aliphatic rings. The van der Waals surface area contributed by atoms with Gasteiger partial charge in [0, 0.05) is 25.8 Å². The third kappa shape index (κ3) is 6.08. The molecule has 0 unspecified atom stereocenters. The van der Waals surface area contributed by atoms with E-state index in [4.69, 9.17) is 16.7 Å². The molecule has 9 nitrogen and oxygen atoms in total. The number of amides is 3. The van der Waals surface area contributed by atoms with Crippen molar-refractivity contribution >= 4 is 44.9 Å². The predicted octanol–water partition coefficient (Wildman–Crippen LogP) is 4.86. The Kier molecular flexibility index (Phi) is 8.71. The second-order valence-corrected chi connectivity index (χ2v) is 11.3. The molecule has 1 aromatic heterocycles. The normalized spacial score (nSPS) is 14.2. The molecule has 212 valence electrons. The molecule has 40 heavy (non-hydrogen) atoms. The van der Waals surface area contributed by atoms with E-state index in [1.54, 1.807) is 30.9 Å². The monoisotopic (exact) mass is 591 g/mol. The molecule has 0 aliphatic carbocycles. The van der Waals surface area contributed by atoms with Gasteiger partial charge in [-0.3, -0.25) is 9.69 Å². The number of primary sulfonamides is 1. The molecule has 1 aliphatic heterocycles. The number of halogens is 3. The van der Waals surface area contributed by atoms with Gasteiger partial charge in [0.05, 0.1) is 16.9 Å². The van der Waals surface area contributed by atoms with Crippen LogP contribution in [0.25, 0.3) is 0 Å². The maximum atomic E-state index is 14.0. The van der Waals surface area contributed by atoms with Crippen LogP contribution in [0.5, 0.6) is 0 Å². The van der Waals surface area contributed by atoms with Crippen molar-refractivity contribution in [3.63, 3.8) is 0 Å². The smallest absolute Gasteiger partial charge is 0.326 e. The van der Waals surface area contributed by atoms with Crippen LogP contribution in [0.4, 0.5) is 25.0 Å². The van der Waals surface area contributed by atoms with Gasteiger partial charge >= 0.3 is 6.03 Å². The Bertz CT molecular complexity index is 1550. The molecule has 13 heteroatoms. The topological polar surface area (TPSA) is 126 Å². The minimum absolute atomic E-state index is 0.115. The number of carbonyl (C=O) groups excluding carboxylic acids is 2. The average Bonchev–Trinajstić information content (AvgIpc) is 2.90. The molecule has 0 saturated carbocycles. The first-order valence-electron chi connectivity index (χ1n) is 12.5. The molecule has 1 saturated heterocycles. The number of sulfonamides is 1. The first kappa shape index (κ1) is 29.4. The summed E-state index contributed by atoms with van der Waals surface area (Å²) in [6.45, 7) is 4.11. The van der Waals surface area contributed by atoms with Crippen LogP contribution in [-0.4, -0.2) is 49.9 Å². The van der Waals surface area contributed by atoms with E-state index >= 15 is 0 Å². The quantitative estimate of drug-likeness (QED) is 0.424. The van der Waals surface area contributed by atoms with Gasteiger partial charge in [-0.2, -0.15) is 0 Å². The van der Waals surface area contributed by atoms with Crippen LogP contribution >= 0.6 is 11.6 Å². The summed E-state index contributed by atoms with van der Waals surface area (Å²) in [7, 11) is -4.45. The molecule has 0 radical (unpaired) electrons. The fraction of sp³-hybridized carbons (Fsp3) is 0.296. The second kappa shape index (κ2) is 11.9. The highest BCUT2D eigenvalue weighted by molar-refractivity contribution is 7.89. The van der Waals surface area contributed by atoms with E-state index < -0.39 is 37.8 Å². The van der Waals surface area contributed by atoms with Crippen molar-refractivity contribution in [3.05, 3.63) is 82.0 Å². The van der Waals surface area contributed by atoms with Crippen molar-refractivity contribution in [2.45, 2.75) is 37.6 Å². The molecule has 3 aromatic rings. The number of hydrogen-bond acceptors (Lipinski definition) is 5. The molecule has 1 fully saturated rings. The zero-order chi connectivity index (χ0) is 29.2. The van der Waals surface area contributed by atoms with Gasteiger partial charge in [-0.05, 0) is 74.1 Å². The van der Waals surface area contributed by atoms with E-state index in [2.05, 4.69) is 10.3 Å². The lowest BCUT2D eigenvalue weighted by atomic mass is 9.89. The molecule has 4 rings (SSSR count). The maximum Gasteiger partial charge on any atom is 0.326 e. The van der Waals surface area contributed by atoms with Crippen molar-refractivity contribution in [2.24, 2.45) is 5.14 Å². The van der Waals surface area contributed by atoms with Crippen molar-refractivity contribution < 1.29 is 26.8 Å². The Balaban J connectivity index is 1.79. The lowest BCUT2D eigenvalue weighted by Gasteiger charge is -2.34. The largest absolute Gasteiger partial charge is 0.338 e. The highest BCUT2D eigenvalue weighted by atomic mass is 35.5. The third-order valence-electron chi connectivity index (χ3n) is 6.74. The summed E-state index contributed by atoms with van der Waals surface area (Å²) in [5, 5.41) is 6.72. The highest BCUT2D eigenvalue weighted by Gasteiger charge is 2.34. The number of carbonyl (C=O) groups is 2. The Morgan fingerprint density at radius 3 is 2.33 bits per heavy atom. The van der Waals surface area contributed by atoms with Gasteiger partial charge in [0.1, 0.15) is 16.7 Å². The molecule has 2 heterocycles. The number of aromatic nitrogens is 1. The average molecular weight is 592 g/mol. The van der Waals surface area contributed by atoms with Crippen LogP contribution in [-0.2, 0) is 10.0 Å². The number of hydrogen-bond donors (Lipinski definition) is 2. The van der Waals surface area contributed by atoms with Crippen LogP contribution in [0, 0.1) is 18.6 Å². The van der Waals surface area contributed by atoms with Crippen molar-refractivity contribution in [2.75, 3.05) is 24.5 Å². The van der Waals surface area contributed by atoms with Gasteiger partial charge in [0.15, 0.2) is 5.03 Å². The molecule has 0 bridgehead atoms. The van der Waals surface area contributed by atoms with Gasteiger partial charge in [0.25, 0.3) is 15.9 Å². The van der Waals surface area contributed by atoms with Gasteiger partial charge in [-0.15, -0.1) is 0 Å². The minimum atomic E-state index is -4.45. The van der Waals surface area contributed by atoms with E-state index in [0.717, 1.165) is 22.7 Å². The first-order chi connectivity index (χ1) is 18.9. The number of rotatable bonds is 6. The number of nitrogens with two attached hydrogens (primary N) is 1. The summed E-state index contributed by atoms with van der Waals surface area (Å²) >= 11 is 6.55. The van der Waals surface area contributed by atoms with Crippen LogP contribution in [0.15, 0.2) is 53.7 Å². The van der Waals surface area contributed by atoms with E-state index in [-0.39, 0.29) is 35.2 Å². The van der Waals surface area contributed by atoms with Gasteiger partial charge < -0.3 is 10.2 Å². The molecule has 3 N–H and O–H groups in total. The Morgan fingerprint density at radius 2 is 1.75 bits per heavy atom. The highest BCUT2D eigenvalue weighted by Crippen LogP contribution is 2.40. The zero-order valence-electron chi connectivity index (χ0n) is 21.8. The van der Waals surface area contributed by atoms with Crippen molar-refractivity contribution in [1.82, 2.24) is 15.2 Å². The number of nitrogens with zero attached hydrogens (tertiary/aromatic N) is 3. The maximum absolute atomic E-state index is 14.0. The Morgan fingerprint density at radius 1 is 1.12 bits per heavy atom. The summed E-state index contributed by atoms with van der Waals surface area (Å²) in [4.78, 5) is 33.7. The number of anilines is 2. The summed E-state index contributed by atoms with van der Waals surface area (Å²) in [5.74, 6) is -1.30. The summed E-state index contributed by atoms with van der Waals surface area (Å²) in [6, 6.07) is 9.16. The van der Waals surface area contributed by atoms with Crippen LogP contribution in [0.2, 0.25) is 5.02 Å². The third-order valence-corrected chi connectivity index (χ3v) is 8.06. The van der Waals surface area contributed by atoms with E-state index in [0.29, 0.717) is 31.5 Å². The number of piperidine rings is 1. The van der Waals surface area contributed by atoms with Gasteiger partial charge in [-0.1, -0.05) is 23.7 Å². The van der Waals surface area contributed by atoms with Crippen LogP contribution in [0.1, 0.15) is 47.2 Å². The number of benzene rings is 2. The fourth-order valence-corrected chi connectivity index (χ4v) is 5.89. The Hall–Kier alpha value is -3.61. The molecular weight excluding hydrogens is 564 g/mol. The number of aryl methyl sites for hydroxylation is 1. The van der Waals surface area contributed by atoms with Crippen molar-refractivity contribution in [1.29, 1.82) is 0 Å².